The number of carboxylic acids is 1. The predicted molar refractivity (Wildman–Crippen MR) is 161 cm³/mol. The lowest BCUT2D eigenvalue weighted by Crippen LogP contribution is -2.80. The number of benzene rings is 1. The molecule has 0 saturated carbocycles. The van der Waals surface area contributed by atoms with Crippen LogP contribution in [-0.4, -0.2) is 77.8 Å². The van der Waals surface area contributed by atoms with E-state index in [0.717, 1.165) is 50.8 Å². The van der Waals surface area contributed by atoms with Gasteiger partial charge in [0.1, 0.15) is 23.9 Å². The van der Waals surface area contributed by atoms with Crippen molar-refractivity contribution in [3.8, 4) is 11.5 Å². The standard InChI is InChI=1S/C23H16BrN5O8S4/c1-37-28-14(9-5-40-22(25)26-9)18(33)27-23(6-38)20(36)29-15(19(34)35)8(4-39-21(23)29)17-13(24)16(32)7-2-10(30)11(31)3-12(7)41-17/h2-3,5-6,21,30-31H,4H2,1H3,(H2,25,26)(H,27,33)(H,34,35)/t21-,23+/m0/s1. The van der Waals surface area contributed by atoms with Gasteiger partial charge >= 0.3 is 5.97 Å². The number of fused-ring (bicyclic) bond motifs is 2. The third-order valence-electron chi connectivity index (χ3n) is 6.19. The highest BCUT2D eigenvalue weighted by Crippen LogP contribution is 2.49. The minimum atomic E-state index is -1.77. The number of thiazole rings is 1. The number of nitrogen functional groups attached to an aromatic ring is 1. The molecule has 4 heterocycles. The van der Waals surface area contributed by atoms with Crippen LogP contribution in [0.25, 0.3) is 15.7 Å². The second-order valence-electron chi connectivity index (χ2n) is 8.52. The van der Waals surface area contributed by atoms with Crippen molar-refractivity contribution < 1.29 is 34.5 Å². The summed E-state index contributed by atoms with van der Waals surface area (Å²) < 4.78 is 0.314. The number of nitrogens with zero attached hydrogens (tertiary/aromatic N) is 3. The molecule has 13 nitrogen and oxygen atoms in total. The predicted octanol–water partition coefficient (Wildman–Crippen LogP) is 2.09. The second kappa shape index (κ2) is 10.7. The summed E-state index contributed by atoms with van der Waals surface area (Å²) in [5.74, 6) is -4.02. The molecule has 0 bridgehead atoms. The lowest BCUT2D eigenvalue weighted by molar-refractivity contribution is -0.153. The molecule has 2 amide bonds. The molecule has 6 N–H and O–H groups in total. The summed E-state index contributed by atoms with van der Waals surface area (Å²) in [6.07, 6.45) is 0. The van der Waals surface area contributed by atoms with Crippen molar-refractivity contribution in [2.75, 3.05) is 18.6 Å². The molecule has 3 aromatic rings. The summed E-state index contributed by atoms with van der Waals surface area (Å²) in [5, 5.41) is 38.1. The molecule has 2 aromatic heterocycles. The van der Waals surface area contributed by atoms with Gasteiger partial charge in [0.15, 0.2) is 27.9 Å². The SMILES string of the molecule is CON=C(C(=O)N[C@]1(C=S)C(=O)N2C(C(=O)O)=C(c3sc4cc(O)c(O)cc4c(=O)c3Br)CS[C@H]21)c1csc(N)n1. The van der Waals surface area contributed by atoms with Gasteiger partial charge < -0.3 is 31.2 Å². The summed E-state index contributed by atoms with van der Waals surface area (Å²) in [6.45, 7) is 0. The molecule has 5 rings (SSSR count). The molecule has 2 atom stereocenters. The zero-order valence-electron chi connectivity index (χ0n) is 20.4. The van der Waals surface area contributed by atoms with Gasteiger partial charge in [-0.25, -0.2) is 9.78 Å². The van der Waals surface area contributed by atoms with Crippen LogP contribution in [0, 0.1) is 0 Å². The molecule has 0 unspecified atom stereocenters. The summed E-state index contributed by atoms with van der Waals surface area (Å²) in [4.78, 5) is 62.5. The van der Waals surface area contributed by atoms with Crippen LogP contribution < -0.4 is 16.5 Å². The fourth-order valence-electron chi connectivity index (χ4n) is 4.34. The van der Waals surface area contributed by atoms with Gasteiger partial charge in [-0.1, -0.05) is 17.4 Å². The maximum Gasteiger partial charge on any atom is 0.353 e. The van der Waals surface area contributed by atoms with Crippen LogP contribution in [0.1, 0.15) is 10.6 Å². The zero-order valence-corrected chi connectivity index (χ0v) is 25.3. The number of thiocarbonyl (C=S) groups is 1. The number of aliphatic carboxylic acids is 1. The normalized spacial score (nSPS) is 20.4. The van der Waals surface area contributed by atoms with Gasteiger partial charge in [-0.15, -0.1) is 34.4 Å². The van der Waals surface area contributed by atoms with Crippen molar-refractivity contribution in [2.45, 2.75) is 10.9 Å². The third-order valence-corrected chi connectivity index (χ3v) is 10.8. The highest BCUT2D eigenvalue weighted by atomic mass is 79.9. The van der Waals surface area contributed by atoms with Gasteiger partial charge in [-0.3, -0.25) is 19.3 Å². The molecule has 1 aromatic carbocycles. The highest BCUT2D eigenvalue weighted by molar-refractivity contribution is 9.10. The van der Waals surface area contributed by atoms with Crippen LogP contribution in [0.5, 0.6) is 11.5 Å². The number of amides is 2. The first kappa shape index (κ1) is 28.9. The number of β-lactam (4-membered cyclic amide) rings is 1. The Hall–Kier alpha value is -3.58. The lowest BCUT2D eigenvalue weighted by atomic mass is 9.87. The number of rotatable bonds is 7. The smallest absolute Gasteiger partial charge is 0.353 e. The number of anilines is 1. The summed E-state index contributed by atoms with van der Waals surface area (Å²) in [5.41, 5.74) is 2.97. The van der Waals surface area contributed by atoms with Gasteiger partial charge in [-0.05, 0) is 22.0 Å². The molecule has 1 fully saturated rings. The Kier molecular flexibility index (Phi) is 7.53. The van der Waals surface area contributed by atoms with Crippen LogP contribution in [0.2, 0.25) is 0 Å². The van der Waals surface area contributed by atoms with Crippen LogP contribution >= 0.6 is 62.6 Å². The first-order valence-corrected chi connectivity index (χ1v) is 15.2. The van der Waals surface area contributed by atoms with E-state index in [9.17, 15) is 34.5 Å². The molecule has 0 aliphatic carbocycles. The van der Waals surface area contributed by atoms with Crippen molar-refractivity contribution >= 4 is 112 Å². The number of thioether (sulfide) groups is 1. The number of nitrogens with one attached hydrogen (secondary N) is 1. The Bertz CT molecular complexity index is 1800. The zero-order chi connectivity index (χ0) is 29.8. The quantitative estimate of drug-likeness (QED) is 0.0792. The van der Waals surface area contributed by atoms with E-state index in [2.05, 4.69) is 31.4 Å². The first-order valence-electron chi connectivity index (χ1n) is 11.2. The highest BCUT2D eigenvalue weighted by Gasteiger charge is 2.65. The van der Waals surface area contributed by atoms with E-state index in [-0.39, 0.29) is 47.3 Å². The van der Waals surface area contributed by atoms with E-state index >= 15 is 0 Å². The number of phenolic OH excluding ortho intramolecular Hbond substituents is 2. The number of carboxylic acid groups (broad SMARTS) is 1. The van der Waals surface area contributed by atoms with Crippen molar-refractivity contribution in [1.82, 2.24) is 15.2 Å². The van der Waals surface area contributed by atoms with E-state index in [4.69, 9.17) is 22.8 Å². The van der Waals surface area contributed by atoms with Gasteiger partial charge in [-0.2, -0.15) is 0 Å². The molecule has 212 valence electrons. The molecule has 0 spiro atoms. The molecule has 1 saturated heterocycles. The Balaban J connectivity index is 1.56. The van der Waals surface area contributed by atoms with E-state index in [1.165, 1.54) is 18.6 Å². The Morgan fingerprint density at radius 3 is 2.66 bits per heavy atom. The third kappa shape index (κ3) is 4.55. The van der Waals surface area contributed by atoms with Crippen molar-refractivity contribution in [2.24, 2.45) is 5.16 Å². The van der Waals surface area contributed by atoms with Gasteiger partial charge in [0.2, 0.25) is 5.43 Å². The van der Waals surface area contributed by atoms with E-state index < -0.39 is 51.3 Å². The number of carbonyl (C=O) groups excluding carboxylic acids is 2. The number of aromatic nitrogens is 1. The number of halogens is 1. The van der Waals surface area contributed by atoms with Crippen LogP contribution in [-0.2, 0) is 19.2 Å². The average Bonchev–Trinajstić information content (AvgIpc) is 3.37. The molecule has 2 aliphatic heterocycles. The fraction of sp³-hybridized carbons (Fsp3) is 0.174. The van der Waals surface area contributed by atoms with E-state index in [1.54, 1.807) is 0 Å². The maximum absolute atomic E-state index is 13.6. The van der Waals surface area contributed by atoms with Gasteiger partial charge in [0.05, 0.1) is 9.35 Å². The van der Waals surface area contributed by atoms with Crippen LogP contribution in [0.15, 0.2) is 37.6 Å². The molecular weight excluding hydrogens is 682 g/mol. The second-order valence-corrected chi connectivity index (χ2v) is 12.6. The number of oxime groups is 1. The van der Waals surface area contributed by atoms with Crippen molar-refractivity contribution in [3.05, 3.63) is 48.5 Å². The van der Waals surface area contributed by atoms with E-state index in [0.29, 0.717) is 0 Å². The number of hydrogen-bond donors (Lipinski definition) is 5. The largest absolute Gasteiger partial charge is 0.504 e. The van der Waals surface area contributed by atoms with Gasteiger partial charge in [0.25, 0.3) is 11.8 Å². The topological polar surface area (TPSA) is 205 Å². The molecule has 0 radical (unpaired) electrons. The number of carbonyl (C=O) groups is 3. The summed E-state index contributed by atoms with van der Waals surface area (Å²) in [6, 6.07) is 2.32. The van der Waals surface area contributed by atoms with Crippen LogP contribution in [0.4, 0.5) is 5.13 Å². The van der Waals surface area contributed by atoms with Crippen molar-refractivity contribution in [3.63, 3.8) is 0 Å². The fourth-order valence-corrected chi connectivity index (χ4v) is 8.62. The number of hydrogen-bond acceptors (Lipinski definition) is 14. The summed E-state index contributed by atoms with van der Waals surface area (Å²) >= 11 is 11.6. The van der Waals surface area contributed by atoms with Crippen molar-refractivity contribution in [1.29, 1.82) is 0 Å². The molecule has 41 heavy (non-hydrogen) atoms. The minimum Gasteiger partial charge on any atom is -0.504 e. The number of phenols is 2. The maximum atomic E-state index is 13.6. The first-order chi connectivity index (χ1) is 19.4. The summed E-state index contributed by atoms with van der Waals surface area (Å²) in [7, 11) is 1.22. The molecular formula is C23H16BrN5O8S4. The Morgan fingerprint density at radius 1 is 1.34 bits per heavy atom. The van der Waals surface area contributed by atoms with Crippen LogP contribution in [0.3, 0.4) is 0 Å². The monoisotopic (exact) mass is 697 g/mol. The molecule has 2 aliphatic rings. The lowest BCUT2D eigenvalue weighted by Gasteiger charge is -2.55. The molecule has 18 heteroatoms. The number of nitrogens with two attached hydrogens (primary N) is 1. The average molecular weight is 699 g/mol. The minimum absolute atomic E-state index is 0.0165. The number of aromatic hydroxyl groups is 2. The van der Waals surface area contributed by atoms with E-state index in [1.807, 2.05) is 0 Å². The van der Waals surface area contributed by atoms with Gasteiger partial charge in [0, 0.05) is 38.2 Å². The Morgan fingerprint density at radius 2 is 2.05 bits per heavy atom. The Labute approximate surface area is 255 Å².